The van der Waals surface area contributed by atoms with E-state index in [1.807, 2.05) is 0 Å². The number of aliphatic hydroxyl groups excluding tert-OH is 1. The molecular formula is C12H16FNO3. The van der Waals surface area contributed by atoms with Crippen LogP contribution in [0.4, 0.5) is 4.39 Å². The van der Waals surface area contributed by atoms with Gasteiger partial charge in [0.05, 0.1) is 26.2 Å². The Morgan fingerprint density at radius 2 is 2.24 bits per heavy atom. The zero-order chi connectivity index (χ0) is 12.5. The fourth-order valence-electron chi connectivity index (χ4n) is 1.32. The van der Waals surface area contributed by atoms with Gasteiger partial charge >= 0.3 is 0 Å². The molecule has 2 N–H and O–H groups in total. The van der Waals surface area contributed by atoms with Crippen LogP contribution in [-0.2, 0) is 16.0 Å². The summed E-state index contributed by atoms with van der Waals surface area (Å²) in [7, 11) is 0. The van der Waals surface area contributed by atoms with E-state index in [1.165, 1.54) is 12.1 Å². The van der Waals surface area contributed by atoms with Gasteiger partial charge in [-0.3, -0.25) is 4.79 Å². The summed E-state index contributed by atoms with van der Waals surface area (Å²) in [5.41, 5.74) is 0.638. The molecule has 17 heavy (non-hydrogen) atoms. The molecule has 0 heterocycles. The maximum atomic E-state index is 12.8. The van der Waals surface area contributed by atoms with E-state index >= 15 is 0 Å². The molecule has 1 aromatic rings. The maximum Gasteiger partial charge on any atom is 0.224 e. The average Bonchev–Trinajstić information content (AvgIpc) is 2.29. The van der Waals surface area contributed by atoms with Gasteiger partial charge in [-0.15, -0.1) is 0 Å². The Kier molecular flexibility index (Phi) is 6.21. The minimum absolute atomic E-state index is 0.0305. The zero-order valence-electron chi connectivity index (χ0n) is 9.49. The fourth-order valence-corrected chi connectivity index (χ4v) is 1.32. The molecule has 1 aromatic carbocycles. The van der Waals surface area contributed by atoms with Crippen LogP contribution in [0.2, 0.25) is 0 Å². The molecule has 1 amide bonds. The Morgan fingerprint density at radius 1 is 1.41 bits per heavy atom. The molecule has 0 bridgehead atoms. The molecule has 0 atom stereocenters. The molecule has 0 aliphatic rings. The standard InChI is InChI=1S/C12H16FNO3/c13-11-3-1-2-10(8-11)9-12(16)14-4-6-17-7-5-15/h1-3,8,15H,4-7,9H2,(H,14,16). The zero-order valence-corrected chi connectivity index (χ0v) is 9.49. The summed E-state index contributed by atoms with van der Waals surface area (Å²) >= 11 is 0. The van der Waals surface area contributed by atoms with E-state index in [-0.39, 0.29) is 31.4 Å². The number of nitrogens with one attached hydrogen (secondary N) is 1. The number of rotatable bonds is 7. The van der Waals surface area contributed by atoms with Crippen molar-refractivity contribution in [3.8, 4) is 0 Å². The molecule has 0 aliphatic heterocycles. The van der Waals surface area contributed by atoms with Crippen LogP contribution in [0.5, 0.6) is 0 Å². The third kappa shape index (κ3) is 5.99. The van der Waals surface area contributed by atoms with Crippen molar-refractivity contribution in [3.05, 3.63) is 35.6 Å². The van der Waals surface area contributed by atoms with Gasteiger partial charge in [-0.25, -0.2) is 4.39 Å². The number of amides is 1. The average molecular weight is 241 g/mol. The molecule has 0 radical (unpaired) electrons. The molecule has 5 heteroatoms. The van der Waals surface area contributed by atoms with Crippen molar-refractivity contribution in [2.75, 3.05) is 26.4 Å². The smallest absolute Gasteiger partial charge is 0.224 e. The summed E-state index contributed by atoms with van der Waals surface area (Å²) in [6.07, 6.45) is 0.151. The van der Waals surface area contributed by atoms with Crippen molar-refractivity contribution < 1.29 is 19.0 Å². The van der Waals surface area contributed by atoms with Crippen LogP contribution in [-0.4, -0.2) is 37.4 Å². The highest BCUT2D eigenvalue weighted by Gasteiger charge is 2.03. The molecule has 0 saturated heterocycles. The Hall–Kier alpha value is -1.46. The fraction of sp³-hybridized carbons (Fsp3) is 0.417. The van der Waals surface area contributed by atoms with Crippen LogP contribution in [0.25, 0.3) is 0 Å². The Labute approximate surface area is 99.4 Å². The number of benzene rings is 1. The molecule has 0 spiro atoms. The first-order valence-electron chi connectivity index (χ1n) is 5.42. The summed E-state index contributed by atoms with van der Waals surface area (Å²) in [4.78, 5) is 11.4. The third-order valence-corrected chi connectivity index (χ3v) is 2.06. The van der Waals surface area contributed by atoms with Crippen molar-refractivity contribution in [3.63, 3.8) is 0 Å². The van der Waals surface area contributed by atoms with Gasteiger partial charge in [-0.05, 0) is 17.7 Å². The Bertz CT molecular complexity index is 357. The molecule has 0 unspecified atom stereocenters. The quantitative estimate of drug-likeness (QED) is 0.683. The van der Waals surface area contributed by atoms with Crippen LogP contribution < -0.4 is 5.32 Å². The second-order valence-electron chi connectivity index (χ2n) is 3.49. The first-order valence-corrected chi connectivity index (χ1v) is 5.42. The monoisotopic (exact) mass is 241 g/mol. The van der Waals surface area contributed by atoms with E-state index in [2.05, 4.69) is 5.32 Å². The summed E-state index contributed by atoms with van der Waals surface area (Å²) < 4.78 is 17.8. The lowest BCUT2D eigenvalue weighted by Crippen LogP contribution is -2.28. The second-order valence-corrected chi connectivity index (χ2v) is 3.49. The lowest BCUT2D eigenvalue weighted by molar-refractivity contribution is -0.120. The number of ether oxygens (including phenoxy) is 1. The molecule has 0 saturated carbocycles. The van der Waals surface area contributed by atoms with E-state index < -0.39 is 0 Å². The number of carbonyl (C=O) groups excluding carboxylic acids is 1. The number of hydrogen-bond acceptors (Lipinski definition) is 3. The topological polar surface area (TPSA) is 58.6 Å². The van der Waals surface area contributed by atoms with Gasteiger partial charge in [-0.2, -0.15) is 0 Å². The number of carbonyl (C=O) groups is 1. The van der Waals surface area contributed by atoms with Gasteiger partial charge in [0.25, 0.3) is 0 Å². The molecule has 0 aliphatic carbocycles. The van der Waals surface area contributed by atoms with Gasteiger partial charge in [0, 0.05) is 6.54 Å². The highest BCUT2D eigenvalue weighted by atomic mass is 19.1. The predicted octanol–water partition coefficient (Wildman–Crippen LogP) is 0.493. The van der Waals surface area contributed by atoms with Crippen LogP contribution in [0, 0.1) is 5.82 Å². The maximum absolute atomic E-state index is 12.8. The first kappa shape index (κ1) is 13.6. The summed E-state index contributed by atoms with van der Waals surface area (Å²) in [6, 6.07) is 5.94. The summed E-state index contributed by atoms with van der Waals surface area (Å²) in [6.45, 7) is 0.973. The van der Waals surface area contributed by atoms with E-state index in [1.54, 1.807) is 12.1 Å². The highest BCUT2D eigenvalue weighted by Crippen LogP contribution is 2.03. The van der Waals surface area contributed by atoms with E-state index in [9.17, 15) is 9.18 Å². The number of hydrogen-bond donors (Lipinski definition) is 2. The third-order valence-electron chi connectivity index (χ3n) is 2.06. The van der Waals surface area contributed by atoms with Crippen molar-refractivity contribution in [2.24, 2.45) is 0 Å². The molecule has 0 fully saturated rings. The first-order chi connectivity index (χ1) is 8.22. The van der Waals surface area contributed by atoms with E-state index in [0.717, 1.165) is 0 Å². The SMILES string of the molecule is O=C(Cc1cccc(F)c1)NCCOCCO. The summed E-state index contributed by atoms with van der Waals surface area (Å²) in [5, 5.41) is 11.1. The Morgan fingerprint density at radius 3 is 2.94 bits per heavy atom. The van der Waals surface area contributed by atoms with Gasteiger partial charge < -0.3 is 15.2 Å². The van der Waals surface area contributed by atoms with Gasteiger partial charge in [0.2, 0.25) is 5.91 Å². The number of halogens is 1. The number of aliphatic hydroxyl groups is 1. The Balaban J connectivity index is 2.21. The van der Waals surface area contributed by atoms with Crippen molar-refractivity contribution in [2.45, 2.75) is 6.42 Å². The normalized spacial score (nSPS) is 10.2. The highest BCUT2D eigenvalue weighted by molar-refractivity contribution is 5.78. The molecule has 0 aromatic heterocycles. The van der Waals surface area contributed by atoms with E-state index in [0.29, 0.717) is 18.7 Å². The van der Waals surface area contributed by atoms with Crippen molar-refractivity contribution in [1.29, 1.82) is 0 Å². The molecule has 4 nitrogen and oxygen atoms in total. The predicted molar refractivity (Wildman–Crippen MR) is 61.0 cm³/mol. The van der Waals surface area contributed by atoms with Crippen LogP contribution in [0.3, 0.4) is 0 Å². The van der Waals surface area contributed by atoms with Gasteiger partial charge in [-0.1, -0.05) is 12.1 Å². The molecular weight excluding hydrogens is 225 g/mol. The summed E-state index contributed by atoms with van der Waals surface area (Å²) in [5.74, 6) is -0.523. The van der Waals surface area contributed by atoms with E-state index in [4.69, 9.17) is 9.84 Å². The van der Waals surface area contributed by atoms with Gasteiger partial charge in [0.1, 0.15) is 5.82 Å². The van der Waals surface area contributed by atoms with Crippen LogP contribution >= 0.6 is 0 Å². The minimum Gasteiger partial charge on any atom is -0.394 e. The van der Waals surface area contributed by atoms with Crippen molar-refractivity contribution in [1.82, 2.24) is 5.32 Å². The lowest BCUT2D eigenvalue weighted by atomic mass is 10.1. The van der Waals surface area contributed by atoms with Crippen molar-refractivity contribution >= 4 is 5.91 Å². The van der Waals surface area contributed by atoms with Crippen LogP contribution in [0.1, 0.15) is 5.56 Å². The van der Waals surface area contributed by atoms with Crippen LogP contribution in [0.15, 0.2) is 24.3 Å². The molecule has 1 rings (SSSR count). The molecule has 94 valence electrons. The lowest BCUT2D eigenvalue weighted by Gasteiger charge is -2.05. The second kappa shape index (κ2) is 7.76. The van der Waals surface area contributed by atoms with Gasteiger partial charge in [0.15, 0.2) is 0 Å². The largest absolute Gasteiger partial charge is 0.394 e. The minimum atomic E-state index is -0.346.